The van der Waals surface area contributed by atoms with Crippen LogP contribution in [0.5, 0.6) is 0 Å². The first-order chi connectivity index (χ1) is 17.5. The molecular formula is C29H23FN4OS. The number of hydrogen-bond donors (Lipinski definition) is 1. The van der Waals surface area contributed by atoms with Crippen LogP contribution in [0.15, 0.2) is 83.4 Å². The minimum Gasteiger partial charge on any atom is -0.380 e. The number of nitriles is 1. The molecule has 0 aliphatic carbocycles. The summed E-state index contributed by atoms with van der Waals surface area (Å²) < 4.78 is 20.5. The van der Waals surface area contributed by atoms with Gasteiger partial charge in [0, 0.05) is 28.2 Å². The molecule has 0 spiro atoms. The Morgan fingerprint density at radius 3 is 2.61 bits per heavy atom. The molecule has 5 aromatic rings. The molecule has 5 rings (SSSR count). The summed E-state index contributed by atoms with van der Waals surface area (Å²) in [5.74, 6) is 0.354. The van der Waals surface area contributed by atoms with E-state index in [1.165, 1.54) is 17.4 Å². The number of nitrogens with one attached hydrogen (secondary N) is 1. The fourth-order valence-corrected chi connectivity index (χ4v) is 4.73. The summed E-state index contributed by atoms with van der Waals surface area (Å²) in [6.45, 7) is 4.57. The molecule has 0 saturated carbocycles. The van der Waals surface area contributed by atoms with Gasteiger partial charge in [0.15, 0.2) is 0 Å². The fourth-order valence-electron chi connectivity index (χ4n) is 3.99. The SMILES string of the molecule is Cc1ccc(-c2noc(C(C)c3ccc(-c4ccccc4)c(F)c3)n2)cc1NCc1ccc(C#N)s1. The minimum absolute atomic E-state index is 0.262. The van der Waals surface area contributed by atoms with Crippen LogP contribution in [0.25, 0.3) is 22.5 Å². The van der Waals surface area contributed by atoms with Gasteiger partial charge < -0.3 is 9.84 Å². The van der Waals surface area contributed by atoms with Gasteiger partial charge in [0.05, 0.1) is 5.92 Å². The van der Waals surface area contributed by atoms with Crippen LogP contribution in [0, 0.1) is 24.1 Å². The van der Waals surface area contributed by atoms with Gasteiger partial charge in [0.1, 0.15) is 16.8 Å². The first kappa shape index (κ1) is 23.5. The molecule has 0 amide bonds. The highest BCUT2D eigenvalue weighted by Crippen LogP contribution is 2.31. The zero-order valence-electron chi connectivity index (χ0n) is 19.8. The van der Waals surface area contributed by atoms with Gasteiger partial charge in [-0.1, -0.05) is 59.8 Å². The number of thiophene rings is 1. The Hall–Kier alpha value is -4.28. The zero-order chi connectivity index (χ0) is 25.1. The quantitative estimate of drug-likeness (QED) is 0.253. The van der Waals surface area contributed by atoms with Gasteiger partial charge in [0.25, 0.3) is 0 Å². The van der Waals surface area contributed by atoms with E-state index in [4.69, 9.17) is 9.78 Å². The second-order valence-electron chi connectivity index (χ2n) is 8.54. The monoisotopic (exact) mass is 494 g/mol. The third kappa shape index (κ3) is 4.90. The number of hydrogen-bond acceptors (Lipinski definition) is 6. The van der Waals surface area contributed by atoms with E-state index in [9.17, 15) is 4.39 Å². The van der Waals surface area contributed by atoms with E-state index < -0.39 is 0 Å². The number of aryl methyl sites for hydroxylation is 1. The molecule has 3 aromatic carbocycles. The fraction of sp³-hybridized carbons (Fsp3) is 0.138. The number of anilines is 1. The molecule has 0 radical (unpaired) electrons. The number of rotatable bonds is 7. The van der Waals surface area contributed by atoms with E-state index in [1.807, 2.05) is 80.6 Å². The summed E-state index contributed by atoms with van der Waals surface area (Å²) in [7, 11) is 0. The average molecular weight is 495 g/mol. The maximum absolute atomic E-state index is 14.9. The second kappa shape index (κ2) is 10.1. The van der Waals surface area contributed by atoms with Gasteiger partial charge in [-0.15, -0.1) is 11.3 Å². The highest BCUT2D eigenvalue weighted by atomic mass is 32.1. The Morgan fingerprint density at radius 2 is 1.86 bits per heavy atom. The summed E-state index contributed by atoms with van der Waals surface area (Å²) in [6.07, 6.45) is 0. The van der Waals surface area contributed by atoms with Crippen molar-refractivity contribution in [2.45, 2.75) is 26.3 Å². The molecule has 0 aliphatic heterocycles. The lowest BCUT2D eigenvalue weighted by Gasteiger charge is -2.10. The normalized spacial score (nSPS) is 11.7. The van der Waals surface area contributed by atoms with Crippen LogP contribution in [0.3, 0.4) is 0 Å². The Morgan fingerprint density at radius 1 is 1.03 bits per heavy atom. The Kier molecular flexibility index (Phi) is 6.61. The van der Waals surface area contributed by atoms with Crippen LogP contribution in [0.2, 0.25) is 0 Å². The highest BCUT2D eigenvalue weighted by Gasteiger charge is 2.19. The lowest BCUT2D eigenvalue weighted by atomic mass is 9.97. The van der Waals surface area contributed by atoms with Gasteiger partial charge in [-0.05, 0) is 54.8 Å². The molecule has 178 valence electrons. The van der Waals surface area contributed by atoms with Crippen molar-refractivity contribution in [3.63, 3.8) is 0 Å². The van der Waals surface area contributed by atoms with Crippen LogP contribution in [-0.4, -0.2) is 10.1 Å². The predicted molar refractivity (Wildman–Crippen MR) is 140 cm³/mol. The van der Waals surface area contributed by atoms with E-state index in [0.717, 1.165) is 32.8 Å². The standard InChI is InChI=1S/C29H23FN4OS/c1-18-8-9-22(15-27(18)32-17-24-12-11-23(16-31)36-24)28-33-29(35-34-28)19(2)21-10-13-25(26(30)14-21)20-6-4-3-5-7-20/h3-15,19,32H,17H2,1-2H3. The molecule has 1 N–H and O–H groups in total. The summed E-state index contributed by atoms with van der Waals surface area (Å²) in [6, 6.07) is 26.6. The molecule has 7 heteroatoms. The molecule has 36 heavy (non-hydrogen) atoms. The van der Waals surface area contributed by atoms with Crippen molar-refractivity contribution >= 4 is 17.0 Å². The molecular weight excluding hydrogens is 471 g/mol. The lowest BCUT2D eigenvalue weighted by Crippen LogP contribution is -2.00. The number of aromatic nitrogens is 2. The van der Waals surface area contributed by atoms with E-state index in [2.05, 4.69) is 21.5 Å². The molecule has 1 unspecified atom stereocenters. The molecule has 2 aromatic heterocycles. The zero-order valence-corrected chi connectivity index (χ0v) is 20.6. The Labute approximate surface area is 212 Å². The number of nitrogens with zero attached hydrogens (tertiary/aromatic N) is 3. The minimum atomic E-state index is -0.285. The largest absolute Gasteiger partial charge is 0.380 e. The molecule has 0 saturated heterocycles. The third-order valence-corrected chi connectivity index (χ3v) is 7.10. The van der Waals surface area contributed by atoms with Crippen LogP contribution in [-0.2, 0) is 6.54 Å². The number of benzene rings is 3. The van der Waals surface area contributed by atoms with Crippen LogP contribution in [0.1, 0.15) is 39.6 Å². The smallest absolute Gasteiger partial charge is 0.234 e. The first-order valence-electron chi connectivity index (χ1n) is 11.5. The topological polar surface area (TPSA) is 74.7 Å². The summed E-state index contributed by atoms with van der Waals surface area (Å²) in [4.78, 5) is 6.38. The second-order valence-corrected chi connectivity index (χ2v) is 9.71. The third-order valence-electron chi connectivity index (χ3n) is 6.11. The van der Waals surface area contributed by atoms with Gasteiger partial charge in [0.2, 0.25) is 11.7 Å². The van der Waals surface area contributed by atoms with Crippen LogP contribution >= 0.6 is 11.3 Å². The summed E-state index contributed by atoms with van der Waals surface area (Å²) in [5, 5.41) is 16.6. The molecule has 0 aliphatic rings. The molecule has 5 nitrogen and oxygen atoms in total. The lowest BCUT2D eigenvalue weighted by molar-refractivity contribution is 0.370. The summed E-state index contributed by atoms with van der Waals surface area (Å²) in [5.41, 5.74) is 5.02. The van der Waals surface area contributed by atoms with Crippen molar-refractivity contribution in [1.29, 1.82) is 5.26 Å². The van der Waals surface area contributed by atoms with Crippen molar-refractivity contribution < 1.29 is 8.91 Å². The molecule has 2 heterocycles. The van der Waals surface area contributed by atoms with Gasteiger partial charge in [-0.25, -0.2) is 4.39 Å². The molecule has 0 fully saturated rings. The number of halogens is 1. The van der Waals surface area contributed by atoms with E-state index >= 15 is 0 Å². The van der Waals surface area contributed by atoms with Crippen molar-refractivity contribution in [2.75, 3.05) is 5.32 Å². The maximum atomic E-state index is 14.9. The molecule has 1 atom stereocenters. The van der Waals surface area contributed by atoms with Crippen LogP contribution < -0.4 is 5.32 Å². The molecule has 0 bridgehead atoms. The Balaban J connectivity index is 1.34. The highest BCUT2D eigenvalue weighted by molar-refractivity contribution is 7.12. The Bertz CT molecular complexity index is 1550. The predicted octanol–water partition coefficient (Wildman–Crippen LogP) is 7.55. The van der Waals surface area contributed by atoms with Crippen molar-refractivity contribution in [3.8, 4) is 28.6 Å². The van der Waals surface area contributed by atoms with Crippen molar-refractivity contribution in [3.05, 3.63) is 111 Å². The van der Waals surface area contributed by atoms with Gasteiger partial charge in [-0.3, -0.25) is 0 Å². The van der Waals surface area contributed by atoms with E-state index in [0.29, 0.717) is 28.7 Å². The average Bonchev–Trinajstić information content (AvgIpc) is 3.58. The first-order valence-corrected chi connectivity index (χ1v) is 12.4. The van der Waals surface area contributed by atoms with Crippen LogP contribution in [0.4, 0.5) is 10.1 Å². The van der Waals surface area contributed by atoms with Gasteiger partial charge in [-0.2, -0.15) is 10.2 Å². The van der Waals surface area contributed by atoms with E-state index in [-0.39, 0.29) is 11.7 Å². The maximum Gasteiger partial charge on any atom is 0.234 e. The van der Waals surface area contributed by atoms with Gasteiger partial charge >= 0.3 is 0 Å². The summed E-state index contributed by atoms with van der Waals surface area (Å²) >= 11 is 1.47. The van der Waals surface area contributed by atoms with Crippen molar-refractivity contribution in [2.24, 2.45) is 0 Å². The van der Waals surface area contributed by atoms with Crippen molar-refractivity contribution in [1.82, 2.24) is 10.1 Å². The van der Waals surface area contributed by atoms with E-state index in [1.54, 1.807) is 6.07 Å².